The molecule has 1 amide bonds. The summed E-state index contributed by atoms with van der Waals surface area (Å²) in [7, 11) is 0. The van der Waals surface area contributed by atoms with Gasteiger partial charge < -0.3 is 15.7 Å². The van der Waals surface area contributed by atoms with E-state index in [4.69, 9.17) is 0 Å². The van der Waals surface area contributed by atoms with Gasteiger partial charge in [-0.3, -0.25) is 4.79 Å². The highest BCUT2D eigenvalue weighted by molar-refractivity contribution is 5.80. The molecule has 1 aliphatic rings. The van der Waals surface area contributed by atoms with Gasteiger partial charge in [-0.15, -0.1) is 0 Å². The van der Waals surface area contributed by atoms with E-state index in [-0.39, 0.29) is 23.6 Å². The standard InChI is InChI=1S/C15H22N2O2/c1-2-14(11-5-7-13(18)8-6-11)16-9-10-17-15(19)12-3-4-12/h5-8,12,14,16,18H,2-4,9-10H2,1H3,(H,17,19). The number of carbonyl (C=O) groups is 1. The molecule has 1 unspecified atom stereocenters. The number of aromatic hydroxyl groups is 1. The van der Waals surface area contributed by atoms with Gasteiger partial charge in [-0.25, -0.2) is 0 Å². The van der Waals surface area contributed by atoms with Crippen LogP contribution in [0.4, 0.5) is 0 Å². The Morgan fingerprint density at radius 1 is 1.32 bits per heavy atom. The van der Waals surface area contributed by atoms with Gasteiger partial charge in [0.1, 0.15) is 5.75 Å². The van der Waals surface area contributed by atoms with Crippen LogP contribution >= 0.6 is 0 Å². The van der Waals surface area contributed by atoms with Gasteiger partial charge >= 0.3 is 0 Å². The molecule has 4 nitrogen and oxygen atoms in total. The van der Waals surface area contributed by atoms with E-state index in [2.05, 4.69) is 17.6 Å². The molecule has 1 aromatic carbocycles. The van der Waals surface area contributed by atoms with Crippen molar-refractivity contribution >= 4 is 5.91 Å². The molecule has 4 heteroatoms. The zero-order chi connectivity index (χ0) is 13.7. The van der Waals surface area contributed by atoms with Crippen molar-refractivity contribution in [3.05, 3.63) is 29.8 Å². The number of nitrogens with one attached hydrogen (secondary N) is 2. The van der Waals surface area contributed by atoms with Crippen molar-refractivity contribution in [2.45, 2.75) is 32.2 Å². The Labute approximate surface area is 114 Å². The summed E-state index contributed by atoms with van der Waals surface area (Å²) in [6.07, 6.45) is 3.07. The topological polar surface area (TPSA) is 61.4 Å². The van der Waals surface area contributed by atoms with Crippen LogP contribution in [0, 0.1) is 5.92 Å². The van der Waals surface area contributed by atoms with Crippen LogP contribution in [-0.4, -0.2) is 24.1 Å². The molecule has 19 heavy (non-hydrogen) atoms. The molecule has 0 spiro atoms. The van der Waals surface area contributed by atoms with Crippen LogP contribution in [0.3, 0.4) is 0 Å². The Hall–Kier alpha value is -1.55. The fraction of sp³-hybridized carbons (Fsp3) is 0.533. The molecule has 0 bridgehead atoms. The van der Waals surface area contributed by atoms with E-state index in [9.17, 15) is 9.90 Å². The number of phenols is 1. The van der Waals surface area contributed by atoms with Gasteiger partial charge in [0.2, 0.25) is 5.91 Å². The second-order valence-corrected chi connectivity index (χ2v) is 5.07. The maximum absolute atomic E-state index is 11.5. The molecule has 0 saturated heterocycles. The predicted molar refractivity (Wildman–Crippen MR) is 74.9 cm³/mol. The molecular weight excluding hydrogens is 240 g/mol. The third-order valence-electron chi connectivity index (χ3n) is 3.47. The summed E-state index contributed by atoms with van der Waals surface area (Å²) >= 11 is 0. The summed E-state index contributed by atoms with van der Waals surface area (Å²) < 4.78 is 0. The monoisotopic (exact) mass is 262 g/mol. The average Bonchev–Trinajstić information content (AvgIpc) is 3.24. The number of amides is 1. The quantitative estimate of drug-likeness (QED) is 0.658. The molecule has 0 radical (unpaired) electrons. The van der Waals surface area contributed by atoms with Crippen LogP contribution in [0.2, 0.25) is 0 Å². The van der Waals surface area contributed by atoms with Crippen molar-refractivity contribution < 1.29 is 9.90 Å². The Bertz CT molecular complexity index is 413. The number of hydrogen-bond donors (Lipinski definition) is 3. The minimum Gasteiger partial charge on any atom is -0.508 e. The molecule has 1 atom stereocenters. The van der Waals surface area contributed by atoms with E-state index in [1.165, 1.54) is 0 Å². The van der Waals surface area contributed by atoms with Crippen molar-refractivity contribution in [3.8, 4) is 5.75 Å². The van der Waals surface area contributed by atoms with Crippen molar-refractivity contribution in [2.75, 3.05) is 13.1 Å². The van der Waals surface area contributed by atoms with Crippen LogP contribution in [0.1, 0.15) is 37.8 Å². The van der Waals surface area contributed by atoms with Gasteiger partial charge in [-0.05, 0) is 37.0 Å². The summed E-state index contributed by atoms with van der Waals surface area (Å²) in [6.45, 7) is 3.55. The number of rotatable bonds is 7. The van der Waals surface area contributed by atoms with Crippen molar-refractivity contribution in [3.63, 3.8) is 0 Å². The van der Waals surface area contributed by atoms with Gasteiger partial charge in [0.15, 0.2) is 0 Å². The molecule has 1 aliphatic carbocycles. The van der Waals surface area contributed by atoms with Crippen molar-refractivity contribution in [2.24, 2.45) is 5.92 Å². The zero-order valence-corrected chi connectivity index (χ0v) is 11.4. The summed E-state index contributed by atoms with van der Waals surface area (Å²) in [5.74, 6) is 0.758. The van der Waals surface area contributed by atoms with Crippen LogP contribution in [0.15, 0.2) is 24.3 Å². The molecule has 3 N–H and O–H groups in total. The third kappa shape index (κ3) is 4.24. The first kappa shape index (κ1) is 13.9. The van der Waals surface area contributed by atoms with Crippen LogP contribution in [0.5, 0.6) is 5.75 Å². The van der Waals surface area contributed by atoms with Gasteiger partial charge in [-0.2, -0.15) is 0 Å². The molecule has 1 fully saturated rings. The highest BCUT2D eigenvalue weighted by atomic mass is 16.3. The lowest BCUT2D eigenvalue weighted by Crippen LogP contribution is -2.34. The summed E-state index contributed by atoms with van der Waals surface area (Å²) in [6, 6.07) is 7.53. The molecule has 1 saturated carbocycles. The van der Waals surface area contributed by atoms with Crippen LogP contribution < -0.4 is 10.6 Å². The summed E-state index contributed by atoms with van der Waals surface area (Å²) in [4.78, 5) is 11.5. The minimum atomic E-state index is 0.194. The van der Waals surface area contributed by atoms with Crippen LogP contribution in [0.25, 0.3) is 0 Å². The second kappa shape index (κ2) is 6.57. The van der Waals surface area contributed by atoms with Gasteiger partial charge in [0.05, 0.1) is 0 Å². The Kier molecular flexibility index (Phi) is 4.80. The smallest absolute Gasteiger partial charge is 0.223 e. The number of phenolic OH excluding ortho intramolecular Hbond substituents is 1. The lowest BCUT2D eigenvalue weighted by Gasteiger charge is -2.17. The highest BCUT2D eigenvalue weighted by Gasteiger charge is 2.28. The lowest BCUT2D eigenvalue weighted by atomic mass is 10.0. The largest absolute Gasteiger partial charge is 0.508 e. The van der Waals surface area contributed by atoms with Gasteiger partial charge in [0.25, 0.3) is 0 Å². The van der Waals surface area contributed by atoms with E-state index in [1.54, 1.807) is 12.1 Å². The van der Waals surface area contributed by atoms with Crippen molar-refractivity contribution in [1.29, 1.82) is 0 Å². The van der Waals surface area contributed by atoms with Gasteiger partial charge in [0, 0.05) is 25.0 Å². The molecule has 0 aromatic heterocycles. The predicted octanol–water partition coefficient (Wildman–Crippen LogP) is 1.96. The highest BCUT2D eigenvalue weighted by Crippen LogP contribution is 2.28. The normalized spacial score (nSPS) is 16.1. The van der Waals surface area contributed by atoms with E-state index in [0.29, 0.717) is 6.54 Å². The first-order valence-corrected chi connectivity index (χ1v) is 7.00. The SMILES string of the molecule is CCC(NCCNC(=O)C1CC1)c1ccc(O)cc1. The van der Waals surface area contributed by atoms with Crippen molar-refractivity contribution in [1.82, 2.24) is 10.6 Å². The Morgan fingerprint density at radius 3 is 2.58 bits per heavy atom. The average molecular weight is 262 g/mol. The minimum absolute atomic E-state index is 0.194. The second-order valence-electron chi connectivity index (χ2n) is 5.07. The number of benzene rings is 1. The maximum atomic E-state index is 11.5. The molecule has 0 heterocycles. The number of carbonyl (C=O) groups excluding carboxylic acids is 1. The fourth-order valence-corrected chi connectivity index (χ4v) is 2.13. The number of hydrogen-bond acceptors (Lipinski definition) is 3. The van der Waals surface area contributed by atoms with Crippen LogP contribution in [-0.2, 0) is 4.79 Å². The summed E-state index contributed by atoms with van der Waals surface area (Å²) in [5, 5.41) is 15.6. The molecular formula is C15H22N2O2. The van der Waals surface area contributed by atoms with E-state index >= 15 is 0 Å². The third-order valence-corrected chi connectivity index (χ3v) is 3.47. The first-order chi connectivity index (χ1) is 9.20. The lowest BCUT2D eigenvalue weighted by molar-refractivity contribution is -0.122. The maximum Gasteiger partial charge on any atom is 0.223 e. The van der Waals surface area contributed by atoms with Gasteiger partial charge in [-0.1, -0.05) is 19.1 Å². The molecule has 1 aromatic rings. The Morgan fingerprint density at radius 2 is 2.00 bits per heavy atom. The van der Waals surface area contributed by atoms with E-state index in [0.717, 1.165) is 31.4 Å². The summed E-state index contributed by atoms with van der Waals surface area (Å²) in [5.41, 5.74) is 1.16. The molecule has 0 aliphatic heterocycles. The first-order valence-electron chi connectivity index (χ1n) is 7.00. The molecule has 2 rings (SSSR count). The Balaban J connectivity index is 1.72. The van der Waals surface area contributed by atoms with E-state index in [1.807, 2.05) is 12.1 Å². The fourth-order valence-electron chi connectivity index (χ4n) is 2.13. The zero-order valence-electron chi connectivity index (χ0n) is 11.4. The molecule has 104 valence electrons. The van der Waals surface area contributed by atoms with E-state index < -0.39 is 0 Å².